The Morgan fingerprint density at radius 2 is 1.78 bits per heavy atom. The van der Waals surface area contributed by atoms with Crippen molar-refractivity contribution in [1.29, 1.82) is 0 Å². The predicted molar refractivity (Wildman–Crippen MR) is 106 cm³/mol. The van der Waals surface area contributed by atoms with E-state index in [2.05, 4.69) is 17.4 Å². The summed E-state index contributed by atoms with van der Waals surface area (Å²) < 4.78 is 5.94. The van der Waals surface area contributed by atoms with Gasteiger partial charge >= 0.3 is 0 Å². The third-order valence-corrected chi connectivity index (χ3v) is 6.07. The quantitative estimate of drug-likeness (QED) is 0.589. The molecule has 2 heterocycles. The molecule has 0 bridgehead atoms. The van der Waals surface area contributed by atoms with Gasteiger partial charge in [0.2, 0.25) is 0 Å². The number of thioether (sulfide) groups is 1. The average Bonchev–Trinajstić information content (AvgIpc) is 2.95. The van der Waals surface area contributed by atoms with E-state index in [1.165, 1.54) is 21.8 Å². The van der Waals surface area contributed by atoms with Crippen LogP contribution in [0.2, 0.25) is 0 Å². The summed E-state index contributed by atoms with van der Waals surface area (Å²) in [7, 11) is 0. The Labute approximate surface area is 163 Å². The number of carbonyl (C=O) groups is 2. The first-order valence-electron chi connectivity index (χ1n) is 9.29. The number of benzene rings is 2. The summed E-state index contributed by atoms with van der Waals surface area (Å²) in [4.78, 5) is 27.2. The van der Waals surface area contributed by atoms with Crippen molar-refractivity contribution in [3.05, 3.63) is 59.2 Å². The van der Waals surface area contributed by atoms with E-state index in [0.29, 0.717) is 37.4 Å². The summed E-state index contributed by atoms with van der Waals surface area (Å²) in [5.74, 6) is 1.69. The lowest BCUT2D eigenvalue weighted by Gasteiger charge is -2.19. The van der Waals surface area contributed by atoms with E-state index in [1.807, 2.05) is 17.8 Å². The highest BCUT2D eigenvalue weighted by Crippen LogP contribution is 2.37. The van der Waals surface area contributed by atoms with Crippen LogP contribution in [0.3, 0.4) is 0 Å². The number of carbonyl (C=O) groups excluding carboxylic acids is 2. The van der Waals surface area contributed by atoms with Crippen LogP contribution in [0.4, 0.5) is 0 Å². The Balaban J connectivity index is 1.22. The fourth-order valence-electron chi connectivity index (χ4n) is 3.46. The van der Waals surface area contributed by atoms with Crippen molar-refractivity contribution < 1.29 is 14.3 Å². The molecule has 0 radical (unpaired) electrons. The first-order valence-corrected chi connectivity index (χ1v) is 10.3. The zero-order valence-corrected chi connectivity index (χ0v) is 15.9. The van der Waals surface area contributed by atoms with Gasteiger partial charge in [0.25, 0.3) is 11.8 Å². The molecule has 0 fully saturated rings. The van der Waals surface area contributed by atoms with E-state index < -0.39 is 0 Å². The van der Waals surface area contributed by atoms with E-state index in [4.69, 9.17) is 4.74 Å². The number of imide groups is 1. The monoisotopic (exact) mass is 382 g/mol. The molecule has 2 aromatic carbocycles. The molecule has 0 aromatic heterocycles. The number of nitrogens with one attached hydrogen (secondary N) is 1. The highest BCUT2D eigenvalue weighted by molar-refractivity contribution is 7.99. The van der Waals surface area contributed by atoms with Crippen molar-refractivity contribution in [3.63, 3.8) is 0 Å². The molecular weight excluding hydrogens is 360 g/mol. The van der Waals surface area contributed by atoms with Crippen molar-refractivity contribution in [2.75, 3.05) is 32.0 Å². The van der Waals surface area contributed by atoms with Gasteiger partial charge in [-0.1, -0.05) is 24.3 Å². The molecule has 2 amide bonds. The molecule has 0 aliphatic carbocycles. The van der Waals surface area contributed by atoms with E-state index in [-0.39, 0.29) is 11.8 Å². The molecule has 0 saturated carbocycles. The number of aryl methyl sites for hydroxylation is 1. The van der Waals surface area contributed by atoms with Gasteiger partial charge in [-0.15, -0.1) is 11.8 Å². The Kier molecular flexibility index (Phi) is 5.45. The fourth-order valence-corrected chi connectivity index (χ4v) is 4.58. The van der Waals surface area contributed by atoms with Crippen molar-refractivity contribution in [1.82, 2.24) is 10.2 Å². The second-order valence-corrected chi connectivity index (χ2v) is 7.71. The van der Waals surface area contributed by atoms with E-state index in [1.54, 1.807) is 24.3 Å². The summed E-state index contributed by atoms with van der Waals surface area (Å²) in [6, 6.07) is 13.2. The molecule has 4 rings (SSSR count). The topological polar surface area (TPSA) is 58.6 Å². The second-order valence-electron chi connectivity index (χ2n) is 6.60. The van der Waals surface area contributed by atoms with Crippen molar-refractivity contribution in [3.8, 4) is 5.75 Å². The predicted octanol–water partition coefficient (Wildman–Crippen LogP) is 2.99. The SMILES string of the molecule is O=C1c2ccccc2C(=O)N1CCNCCOc1cccc2c1SCCC2. The van der Waals surface area contributed by atoms with Gasteiger partial charge in [0.15, 0.2) is 0 Å². The zero-order chi connectivity index (χ0) is 18.6. The van der Waals surface area contributed by atoms with Gasteiger partial charge in [0.1, 0.15) is 12.4 Å². The summed E-state index contributed by atoms with van der Waals surface area (Å²) in [6.07, 6.45) is 2.35. The molecule has 0 atom stereocenters. The maximum Gasteiger partial charge on any atom is 0.261 e. The molecular formula is C21H22N2O3S. The molecule has 0 unspecified atom stereocenters. The second kappa shape index (κ2) is 8.15. The molecule has 6 heteroatoms. The van der Waals surface area contributed by atoms with Crippen LogP contribution in [0.5, 0.6) is 5.75 Å². The maximum atomic E-state index is 12.3. The smallest absolute Gasteiger partial charge is 0.261 e. The Bertz CT molecular complexity index is 833. The lowest BCUT2D eigenvalue weighted by Crippen LogP contribution is -2.37. The van der Waals surface area contributed by atoms with Crippen LogP contribution < -0.4 is 10.1 Å². The van der Waals surface area contributed by atoms with Gasteiger partial charge in [0.05, 0.1) is 16.0 Å². The van der Waals surface area contributed by atoms with Crippen LogP contribution in [0, 0.1) is 0 Å². The number of nitrogens with zero attached hydrogens (tertiary/aromatic N) is 1. The van der Waals surface area contributed by atoms with Crippen LogP contribution in [0.25, 0.3) is 0 Å². The van der Waals surface area contributed by atoms with Crippen molar-refractivity contribution in [2.45, 2.75) is 17.7 Å². The van der Waals surface area contributed by atoms with Crippen LogP contribution in [0.1, 0.15) is 32.7 Å². The van der Waals surface area contributed by atoms with Crippen LogP contribution in [-0.4, -0.2) is 48.7 Å². The third kappa shape index (κ3) is 3.73. The third-order valence-electron chi connectivity index (χ3n) is 4.82. The Morgan fingerprint density at radius 3 is 2.56 bits per heavy atom. The summed E-state index contributed by atoms with van der Waals surface area (Å²) >= 11 is 1.87. The largest absolute Gasteiger partial charge is 0.491 e. The fraction of sp³-hybridized carbons (Fsp3) is 0.333. The number of amides is 2. The van der Waals surface area contributed by atoms with Gasteiger partial charge in [-0.2, -0.15) is 0 Å². The number of hydrogen-bond acceptors (Lipinski definition) is 5. The van der Waals surface area contributed by atoms with E-state index in [9.17, 15) is 9.59 Å². The average molecular weight is 382 g/mol. The molecule has 2 aliphatic rings. The molecule has 2 aliphatic heterocycles. The highest BCUT2D eigenvalue weighted by Gasteiger charge is 2.34. The molecule has 1 N–H and O–H groups in total. The Hall–Kier alpha value is -2.31. The van der Waals surface area contributed by atoms with Gasteiger partial charge in [-0.25, -0.2) is 0 Å². The molecule has 2 aromatic rings. The number of ether oxygens (including phenoxy) is 1. The first kappa shape index (κ1) is 18.1. The van der Waals surface area contributed by atoms with Gasteiger partial charge in [0, 0.05) is 19.6 Å². The molecule has 0 saturated heterocycles. The molecule has 0 spiro atoms. The minimum absolute atomic E-state index is 0.207. The summed E-state index contributed by atoms with van der Waals surface area (Å²) in [5, 5.41) is 3.25. The number of rotatable bonds is 7. The van der Waals surface area contributed by atoms with Crippen LogP contribution in [0.15, 0.2) is 47.4 Å². The standard InChI is InChI=1S/C21H22N2O3S/c24-20-16-7-1-2-8-17(16)21(25)23(20)12-10-22-11-13-26-18-9-3-5-15-6-4-14-27-19(15)18/h1-3,5,7-9,22H,4,6,10-14H2. The Morgan fingerprint density at radius 1 is 1.00 bits per heavy atom. The molecule has 140 valence electrons. The van der Waals surface area contributed by atoms with Gasteiger partial charge in [-0.3, -0.25) is 14.5 Å². The van der Waals surface area contributed by atoms with Crippen LogP contribution >= 0.6 is 11.8 Å². The van der Waals surface area contributed by atoms with Gasteiger partial charge in [-0.05, 0) is 42.4 Å². The zero-order valence-electron chi connectivity index (χ0n) is 15.1. The van der Waals surface area contributed by atoms with E-state index >= 15 is 0 Å². The summed E-state index contributed by atoms with van der Waals surface area (Å²) in [6.45, 7) is 2.13. The lowest BCUT2D eigenvalue weighted by atomic mass is 10.1. The molecule has 5 nitrogen and oxygen atoms in total. The van der Waals surface area contributed by atoms with Crippen molar-refractivity contribution in [2.24, 2.45) is 0 Å². The number of fused-ring (bicyclic) bond motifs is 2. The first-order chi connectivity index (χ1) is 13.3. The summed E-state index contributed by atoms with van der Waals surface area (Å²) in [5.41, 5.74) is 2.37. The van der Waals surface area contributed by atoms with E-state index in [0.717, 1.165) is 17.9 Å². The maximum absolute atomic E-state index is 12.3. The van der Waals surface area contributed by atoms with Crippen molar-refractivity contribution >= 4 is 23.6 Å². The van der Waals surface area contributed by atoms with Gasteiger partial charge < -0.3 is 10.1 Å². The number of hydrogen-bond donors (Lipinski definition) is 1. The lowest BCUT2D eigenvalue weighted by molar-refractivity contribution is 0.0655. The minimum atomic E-state index is -0.207. The highest BCUT2D eigenvalue weighted by atomic mass is 32.2. The molecule has 27 heavy (non-hydrogen) atoms. The van der Waals surface area contributed by atoms with Crippen LogP contribution in [-0.2, 0) is 6.42 Å². The normalized spacial score (nSPS) is 15.6. The minimum Gasteiger partial charge on any atom is -0.491 e.